The maximum Gasteiger partial charge on any atom is 0.304 e. The first kappa shape index (κ1) is 19.5. The van der Waals surface area contributed by atoms with Crippen LogP contribution < -0.4 is 10.1 Å². The average molecular weight is 337 g/mol. The standard InChI is InChI=1S/C13H17ClN2O4.ClH/c1-16(6-5-13(18)19)8-12(17)15-9-3-4-11(20-2)10(14)7-9;/h3-4,7H,5-6,8H2,1-2H3,(H,15,17)(H,18,19);1H. The van der Waals surface area contributed by atoms with Gasteiger partial charge in [0.15, 0.2) is 0 Å². The van der Waals surface area contributed by atoms with Crippen LogP contribution in [0.3, 0.4) is 0 Å². The molecule has 6 nitrogen and oxygen atoms in total. The van der Waals surface area contributed by atoms with Gasteiger partial charge in [0.2, 0.25) is 5.91 Å². The highest BCUT2D eigenvalue weighted by molar-refractivity contribution is 6.32. The minimum absolute atomic E-state index is 0. The van der Waals surface area contributed by atoms with Gasteiger partial charge in [-0.3, -0.25) is 14.5 Å². The van der Waals surface area contributed by atoms with E-state index in [2.05, 4.69) is 5.32 Å². The third kappa shape index (κ3) is 7.17. The lowest BCUT2D eigenvalue weighted by Crippen LogP contribution is -2.31. The van der Waals surface area contributed by atoms with Gasteiger partial charge >= 0.3 is 5.97 Å². The van der Waals surface area contributed by atoms with Gasteiger partial charge in [-0.1, -0.05) is 11.6 Å². The quantitative estimate of drug-likeness (QED) is 0.797. The van der Waals surface area contributed by atoms with Crippen molar-refractivity contribution < 1.29 is 19.4 Å². The largest absolute Gasteiger partial charge is 0.495 e. The number of halogens is 2. The SMILES string of the molecule is COc1ccc(NC(=O)CN(C)CCC(=O)O)cc1Cl.Cl. The fraction of sp³-hybridized carbons (Fsp3) is 0.385. The maximum atomic E-state index is 11.8. The van der Waals surface area contributed by atoms with Crippen molar-refractivity contribution in [2.75, 3.05) is 32.6 Å². The molecule has 0 aliphatic carbocycles. The molecule has 0 fully saturated rings. The Kier molecular flexibility index (Phi) is 8.76. The molecule has 1 aromatic carbocycles. The summed E-state index contributed by atoms with van der Waals surface area (Å²) in [4.78, 5) is 23.8. The lowest BCUT2D eigenvalue weighted by molar-refractivity contribution is -0.137. The van der Waals surface area contributed by atoms with Crippen LogP contribution in [0.2, 0.25) is 5.02 Å². The van der Waals surface area contributed by atoms with E-state index in [1.165, 1.54) is 7.11 Å². The zero-order chi connectivity index (χ0) is 15.1. The van der Waals surface area contributed by atoms with E-state index in [0.717, 1.165) is 0 Å². The molecule has 0 aliphatic rings. The molecule has 118 valence electrons. The molecule has 0 aromatic heterocycles. The predicted octanol–water partition coefficient (Wildman–Crippen LogP) is 2.12. The van der Waals surface area contributed by atoms with Crippen LogP contribution in [0, 0.1) is 0 Å². The highest BCUT2D eigenvalue weighted by Crippen LogP contribution is 2.27. The Morgan fingerprint density at radius 2 is 2.10 bits per heavy atom. The number of nitrogens with one attached hydrogen (secondary N) is 1. The molecule has 0 bridgehead atoms. The van der Waals surface area contributed by atoms with Crippen LogP contribution in [0.5, 0.6) is 5.75 Å². The normalized spacial score (nSPS) is 9.90. The molecular weight excluding hydrogens is 319 g/mol. The Bertz CT molecular complexity index is 497. The van der Waals surface area contributed by atoms with Gasteiger partial charge in [-0.15, -0.1) is 12.4 Å². The predicted molar refractivity (Wildman–Crippen MR) is 83.6 cm³/mol. The van der Waals surface area contributed by atoms with E-state index in [-0.39, 0.29) is 31.3 Å². The molecule has 0 heterocycles. The van der Waals surface area contributed by atoms with Crippen LogP contribution in [0.4, 0.5) is 5.69 Å². The summed E-state index contributed by atoms with van der Waals surface area (Å²) in [6, 6.07) is 4.93. The van der Waals surface area contributed by atoms with E-state index >= 15 is 0 Å². The van der Waals surface area contributed by atoms with Crippen molar-refractivity contribution in [2.24, 2.45) is 0 Å². The zero-order valence-corrected chi connectivity index (χ0v) is 13.3. The van der Waals surface area contributed by atoms with Crippen LogP contribution in [0.25, 0.3) is 0 Å². The van der Waals surface area contributed by atoms with Gasteiger partial charge in [-0.25, -0.2) is 0 Å². The third-order valence-corrected chi connectivity index (χ3v) is 2.85. The average Bonchev–Trinajstić information content (AvgIpc) is 2.36. The minimum Gasteiger partial charge on any atom is -0.495 e. The van der Waals surface area contributed by atoms with Crippen LogP contribution in [-0.2, 0) is 9.59 Å². The number of nitrogens with zero attached hydrogens (tertiary/aromatic N) is 1. The summed E-state index contributed by atoms with van der Waals surface area (Å²) in [5, 5.41) is 11.6. The summed E-state index contributed by atoms with van der Waals surface area (Å²) in [7, 11) is 3.19. The van der Waals surface area contributed by atoms with Gasteiger partial charge in [0, 0.05) is 12.2 Å². The van der Waals surface area contributed by atoms with Crippen LogP contribution in [0.15, 0.2) is 18.2 Å². The first-order valence-corrected chi connectivity index (χ1v) is 6.34. The number of likely N-dealkylation sites (N-methyl/N-ethyl adjacent to an activating group) is 1. The number of aliphatic carboxylic acids is 1. The number of hydrogen-bond donors (Lipinski definition) is 2. The van der Waals surface area contributed by atoms with Crippen LogP contribution in [0.1, 0.15) is 6.42 Å². The number of benzene rings is 1. The summed E-state index contributed by atoms with van der Waals surface area (Å²) < 4.78 is 5.02. The molecule has 0 aliphatic heterocycles. The molecule has 0 spiro atoms. The smallest absolute Gasteiger partial charge is 0.304 e. The lowest BCUT2D eigenvalue weighted by atomic mass is 10.3. The number of amides is 1. The number of ether oxygens (including phenoxy) is 1. The Balaban J connectivity index is 0.00000400. The minimum atomic E-state index is -0.890. The van der Waals surface area contributed by atoms with Crippen molar-refractivity contribution in [3.05, 3.63) is 23.2 Å². The second-order valence-electron chi connectivity index (χ2n) is 4.28. The number of rotatable bonds is 7. The number of carbonyl (C=O) groups is 2. The molecule has 1 rings (SSSR count). The third-order valence-electron chi connectivity index (χ3n) is 2.56. The number of hydrogen-bond acceptors (Lipinski definition) is 4. The Morgan fingerprint density at radius 1 is 1.43 bits per heavy atom. The molecular formula is C13H18Cl2N2O4. The number of methoxy groups -OCH3 is 1. The van der Waals surface area contributed by atoms with Gasteiger partial charge in [-0.2, -0.15) is 0 Å². The fourth-order valence-corrected chi connectivity index (χ4v) is 1.81. The molecule has 21 heavy (non-hydrogen) atoms. The Hall–Kier alpha value is -1.50. The molecule has 0 atom stereocenters. The van der Waals surface area contributed by atoms with Gasteiger partial charge in [-0.05, 0) is 25.2 Å². The van der Waals surface area contributed by atoms with Crippen molar-refractivity contribution in [1.29, 1.82) is 0 Å². The molecule has 8 heteroatoms. The van der Waals surface area contributed by atoms with Gasteiger partial charge < -0.3 is 15.2 Å². The summed E-state index contributed by atoms with van der Waals surface area (Å²) in [5.74, 6) is -0.596. The summed E-state index contributed by atoms with van der Waals surface area (Å²) >= 11 is 5.95. The Labute approximate surface area is 134 Å². The van der Waals surface area contributed by atoms with Gasteiger partial charge in [0.05, 0.1) is 25.1 Å². The fourth-order valence-electron chi connectivity index (χ4n) is 1.56. The number of carbonyl (C=O) groups excluding carboxylic acids is 1. The lowest BCUT2D eigenvalue weighted by Gasteiger charge is -2.15. The van der Waals surface area contributed by atoms with Gasteiger partial charge in [0.25, 0.3) is 0 Å². The van der Waals surface area contributed by atoms with Crippen molar-refractivity contribution >= 4 is 41.6 Å². The van der Waals surface area contributed by atoms with Crippen molar-refractivity contribution in [3.8, 4) is 5.75 Å². The summed E-state index contributed by atoms with van der Waals surface area (Å²) in [6.45, 7) is 0.420. The van der Waals surface area contributed by atoms with E-state index < -0.39 is 5.97 Å². The number of carboxylic acids is 1. The van der Waals surface area contributed by atoms with Gasteiger partial charge in [0.1, 0.15) is 5.75 Å². The van der Waals surface area contributed by atoms with E-state index in [1.807, 2.05) is 0 Å². The molecule has 0 unspecified atom stereocenters. The molecule has 0 saturated heterocycles. The van der Waals surface area contributed by atoms with E-state index in [0.29, 0.717) is 23.0 Å². The van der Waals surface area contributed by atoms with E-state index in [9.17, 15) is 9.59 Å². The first-order chi connectivity index (χ1) is 9.42. The molecule has 1 amide bonds. The van der Waals surface area contributed by atoms with Crippen molar-refractivity contribution in [3.63, 3.8) is 0 Å². The zero-order valence-electron chi connectivity index (χ0n) is 11.8. The monoisotopic (exact) mass is 336 g/mol. The second-order valence-corrected chi connectivity index (χ2v) is 4.69. The van der Waals surface area contributed by atoms with Crippen molar-refractivity contribution in [1.82, 2.24) is 4.90 Å². The summed E-state index contributed by atoms with van der Waals surface area (Å²) in [5.41, 5.74) is 0.562. The molecule has 0 radical (unpaired) electrons. The highest BCUT2D eigenvalue weighted by Gasteiger charge is 2.09. The molecule has 2 N–H and O–H groups in total. The molecule has 0 saturated carbocycles. The summed E-state index contributed by atoms with van der Waals surface area (Å²) in [6.07, 6.45) is -0.00184. The van der Waals surface area contributed by atoms with Crippen LogP contribution in [-0.4, -0.2) is 49.1 Å². The van der Waals surface area contributed by atoms with Crippen molar-refractivity contribution in [2.45, 2.75) is 6.42 Å². The van der Waals surface area contributed by atoms with E-state index in [4.69, 9.17) is 21.4 Å². The first-order valence-electron chi connectivity index (χ1n) is 5.96. The Morgan fingerprint density at radius 3 is 2.62 bits per heavy atom. The van der Waals surface area contributed by atoms with E-state index in [1.54, 1.807) is 30.1 Å². The number of carboxylic acid groups (broad SMARTS) is 1. The topological polar surface area (TPSA) is 78.9 Å². The van der Waals surface area contributed by atoms with Crippen LogP contribution >= 0.6 is 24.0 Å². The molecule has 1 aromatic rings. The maximum absolute atomic E-state index is 11.8. The number of anilines is 1. The highest BCUT2D eigenvalue weighted by atomic mass is 35.5. The second kappa shape index (κ2) is 9.44.